The van der Waals surface area contributed by atoms with Crippen molar-refractivity contribution >= 4 is 27.5 Å². The number of pyridine rings is 1. The molecule has 3 heterocycles. The fraction of sp³-hybridized carbons (Fsp3) is 0.652. The molecule has 0 bridgehead atoms. The largest absolute Gasteiger partial charge is 0.490 e. The van der Waals surface area contributed by atoms with E-state index >= 15 is 0 Å². The maximum atomic E-state index is 11.8. The van der Waals surface area contributed by atoms with E-state index < -0.39 is 11.9 Å². The zero-order valence-corrected chi connectivity index (χ0v) is 18.4. The quantitative estimate of drug-likeness (QED) is 0.766. The van der Waals surface area contributed by atoms with E-state index in [1.54, 1.807) is 17.5 Å². The average Bonchev–Trinajstić information content (AvgIpc) is 3.34. The molecule has 6 nitrogen and oxygen atoms in total. The van der Waals surface area contributed by atoms with Crippen LogP contribution in [0.5, 0.6) is 5.75 Å². The molecule has 2 aliphatic carbocycles. The van der Waals surface area contributed by atoms with E-state index in [4.69, 9.17) is 9.47 Å². The number of hydrogen-bond donors (Lipinski definition) is 1. The minimum Gasteiger partial charge on any atom is -0.490 e. The van der Waals surface area contributed by atoms with Crippen molar-refractivity contribution in [3.8, 4) is 5.75 Å². The number of thiophene rings is 1. The number of carbonyl (C=O) groups is 1. The van der Waals surface area contributed by atoms with Gasteiger partial charge in [-0.1, -0.05) is 6.92 Å². The lowest BCUT2D eigenvalue weighted by Crippen LogP contribution is -2.55. The molecule has 2 fully saturated rings. The highest BCUT2D eigenvalue weighted by molar-refractivity contribution is 7.19. The van der Waals surface area contributed by atoms with E-state index in [9.17, 15) is 9.90 Å². The SMILES string of the molecule is CCC1(N2CCOCC2)CCC(Oc2ccnc3sc4c(c23)[C@@H](C(=O)O)CC4)CC1. The highest BCUT2D eigenvalue weighted by Gasteiger charge is 2.40. The van der Waals surface area contributed by atoms with E-state index in [0.717, 1.165) is 86.4 Å². The third kappa shape index (κ3) is 3.41. The lowest BCUT2D eigenvalue weighted by Gasteiger charge is -2.49. The second kappa shape index (κ2) is 8.09. The highest BCUT2D eigenvalue weighted by Crippen LogP contribution is 2.47. The number of aromatic nitrogens is 1. The molecule has 2 aromatic heterocycles. The van der Waals surface area contributed by atoms with Crippen molar-refractivity contribution in [2.45, 2.75) is 69.4 Å². The zero-order chi connectivity index (χ0) is 20.7. The first-order valence-electron chi connectivity index (χ1n) is 11.2. The Hall–Kier alpha value is -1.70. The Bertz CT molecular complexity index is 929. The van der Waals surface area contributed by atoms with Gasteiger partial charge in [0.1, 0.15) is 10.6 Å². The summed E-state index contributed by atoms with van der Waals surface area (Å²) < 4.78 is 12.1. The minimum absolute atomic E-state index is 0.177. The van der Waals surface area contributed by atoms with E-state index in [2.05, 4.69) is 16.8 Å². The summed E-state index contributed by atoms with van der Waals surface area (Å²) in [5.41, 5.74) is 1.23. The van der Waals surface area contributed by atoms with Gasteiger partial charge in [0.15, 0.2) is 0 Å². The fourth-order valence-electron chi connectivity index (χ4n) is 5.74. The number of fused-ring (bicyclic) bond motifs is 3. The lowest BCUT2D eigenvalue weighted by molar-refractivity contribution is -0.138. The molecule has 1 atom stereocenters. The Labute approximate surface area is 181 Å². The first-order chi connectivity index (χ1) is 14.6. The summed E-state index contributed by atoms with van der Waals surface area (Å²) in [6.45, 7) is 6.04. The van der Waals surface area contributed by atoms with Gasteiger partial charge in [0.2, 0.25) is 0 Å². The summed E-state index contributed by atoms with van der Waals surface area (Å²) in [5, 5.41) is 10.6. The van der Waals surface area contributed by atoms with Crippen LogP contribution in [-0.4, -0.2) is 58.9 Å². The molecule has 162 valence electrons. The molecule has 0 unspecified atom stereocenters. The van der Waals surface area contributed by atoms with Crippen molar-refractivity contribution in [2.75, 3.05) is 26.3 Å². The Balaban J connectivity index is 1.35. The van der Waals surface area contributed by atoms with Crippen LogP contribution < -0.4 is 4.74 Å². The van der Waals surface area contributed by atoms with Crippen LogP contribution in [0.2, 0.25) is 0 Å². The minimum atomic E-state index is -0.737. The third-order valence-electron chi connectivity index (χ3n) is 7.47. The van der Waals surface area contributed by atoms with Crippen LogP contribution >= 0.6 is 11.3 Å². The summed E-state index contributed by atoms with van der Waals surface area (Å²) in [6, 6.07) is 1.93. The van der Waals surface area contributed by atoms with Crippen molar-refractivity contribution in [2.24, 2.45) is 0 Å². The molecule has 1 aliphatic heterocycles. The first kappa shape index (κ1) is 20.2. The Morgan fingerprint density at radius 2 is 2.10 bits per heavy atom. The number of aliphatic carboxylic acids is 1. The Morgan fingerprint density at radius 3 is 2.80 bits per heavy atom. The van der Waals surface area contributed by atoms with Gasteiger partial charge in [0.05, 0.1) is 30.6 Å². The smallest absolute Gasteiger partial charge is 0.311 e. The third-order valence-corrected chi connectivity index (χ3v) is 8.64. The number of hydrogen-bond acceptors (Lipinski definition) is 6. The van der Waals surface area contributed by atoms with Crippen LogP contribution in [0.25, 0.3) is 10.2 Å². The second-order valence-electron chi connectivity index (χ2n) is 8.85. The first-order valence-corrected chi connectivity index (χ1v) is 12.1. The van der Waals surface area contributed by atoms with Crippen molar-refractivity contribution in [1.29, 1.82) is 0 Å². The van der Waals surface area contributed by atoms with E-state index in [1.807, 2.05) is 6.07 Å². The fourth-order valence-corrected chi connectivity index (χ4v) is 6.97. The van der Waals surface area contributed by atoms with Gasteiger partial charge in [-0.3, -0.25) is 9.69 Å². The van der Waals surface area contributed by atoms with Crippen molar-refractivity contribution in [3.05, 3.63) is 22.7 Å². The van der Waals surface area contributed by atoms with Crippen molar-refractivity contribution in [1.82, 2.24) is 9.88 Å². The molecule has 0 amide bonds. The summed E-state index contributed by atoms with van der Waals surface area (Å²) in [6.07, 6.45) is 9.00. The number of carboxylic acids is 1. The summed E-state index contributed by atoms with van der Waals surface area (Å²) in [4.78, 5) is 21.0. The predicted molar refractivity (Wildman–Crippen MR) is 117 cm³/mol. The summed E-state index contributed by atoms with van der Waals surface area (Å²) in [5.74, 6) is -0.342. The molecule has 3 aliphatic rings. The number of nitrogens with zero attached hydrogens (tertiary/aromatic N) is 2. The van der Waals surface area contributed by atoms with E-state index in [0.29, 0.717) is 6.42 Å². The molecule has 30 heavy (non-hydrogen) atoms. The monoisotopic (exact) mass is 430 g/mol. The van der Waals surface area contributed by atoms with Crippen molar-refractivity contribution < 1.29 is 19.4 Å². The van der Waals surface area contributed by atoms with Gasteiger partial charge in [-0.05, 0) is 56.6 Å². The van der Waals surface area contributed by atoms with Crippen LogP contribution in [0.3, 0.4) is 0 Å². The highest BCUT2D eigenvalue weighted by atomic mass is 32.1. The van der Waals surface area contributed by atoms with Crippen LogP contribution in [0.1, 0.15) is 61.8 Å². The summed E-state index contributed by atoms with van der Waals surface area (Å²) >= 11 is 1.63. The van der Waals surface area contributed by atoms with Gasteiger partial charge in [0, 0.05) is 29.7 Å². The van der Waals surface area contributed by atoms with Gasteiger partial charge < -0.3 is 14.6 Å². The second-order valence-corrected chi connectivity index (χ2v) is 9.94. The van der Waals surface area contributed by atoms with Crippen LogP contribution in [0, 0.1) is 0 Å². The number of morpholine rings is 1. The lowest BCUT2D eigenvalue weighted by atomic mass is 9.77. The maximum Gasteiger partial charge on any atom is 0.311 e. The number of ether oxygens (including phenoxy) is 2. The Morgan fingerprint density at radius 1 is 1.33 bits per heavy atom. The molecule has 1 saturated heterocycles. The van der Waals surface area contributed by atoms with Crippen LogP contribution in [0.4, 0.5) is 0 Å². The van der Waals surface area contributed by atoms with Gasteiger partial charge >= 0.3 is 5.97 Å². The molecule has 0 aromatic carbocycles. The molecule has 2 aromatic rings. The van der Waals surface area contributed by atoms with Gasteiger partial charge in [-0.15, -0.1) is 11.3 Å². The molecule has 7 heteroatoms. The standard InChI is InChI=1S/C23H30N2O4S/c1-2-23(25-11-13-28-14-12-25)8-5-15(6-9-23)29-17-7-10-24-21-20(17)19-16(22(26)27)3-4-18(19)30-21/h7,10,15-16H,2-6,8-9,11-14H2,1H3,(H,26,27)/t15?,16-,23?/m0/s1. The molecule has 1 saturated carbocycles. The van der Waals surface area contributed by atoms with Crippen LogP contribution in [-0.2, 0) is 16.0 Å². The topological polar surface area (TPSA) is 71.9 Å². The van der Waals surface area contributed by atoms with E-state index in [-0.39, 0.29) is 11.6 Å². The Kier molecular flexibility index (Phi) is 5.45. The van der Waals surface area contributed by atoms with Gasteiger partial charge in [0.25, 0.3) is 0 Å². The molecular formula is C23H30N2O4S. The van der Waals surface area contributed by atoms with Crippen molar-refractivity contribution in [3.63, 3.8) is 0 Å². The van der Waals surface area contributed by atoms with Crippen LogP contribution in [0.15, 0.2) is 12.3 Å². The number of rotatable bonds is 5. The summed E-state index contributed by atoms with van der Waals surface area (Å²) in [7, 11) is 0. The zero-order valence-electron chi connectivity index (χ0n) is 17.6. The number of carboxylic acid groups (broad SMARTS) is 1. The molecule has 5 rings (SSSR count). The molecule has 0 radical (unpaired) electrons. The predicted octanol–water partition coefficient (Wildman–Crippen LogP) is 4.21. The van der Waals surface area contributed by atoms with Gasteiger partial charge in [-0.25, -0.2) is 4.98 Å². The number of aryl methyl sites for hydroxylation is 1. The normalized spacial score (nSPS) is 29.8. The maximum absolute atomic E-state index is 11.8. The molecule has 1 N–H and O–H groups in total. The molecule has 0 spiro atoms. The average molecular weight is 431 g/mol. The van der Waals surface area contributed by atoms with E-state index in [1.165, 1.54) is 4.88 Å². The van der Waals surface area contributed by atoms with Gasteiger partial charge in [-0.2, -0.15) is 0 Å². The molecular weight excluding hydrogens is 400 g/mol.